The number of hydrogen-bond donors (Lipinski definition) is 1. The Labute approximate surface area is 150 Å². The summed E-state index contributed by atoms with van der Waals surface area (Å²) >= 11 is 6.48. The van der Waals surface area contributed by atoms with Gasteiger partial charge < -0.3 is 10.2 Å². The van der Waals surface area contributed by atoms with E-state index in [-0.39, 0.29) is 6.04 Å². The minimum Gasteiger partial charge on any atom is -0.369 e. The van der Waals surface area contributed by atoms with Crippen molar-refractivity contribution in [3.8, 4) is 0 Å². The normalized spacial score (nSPS) is 17.0. The molecule has 1 unspecified atom stereocenters. The summed E-state index contributed by atoms with van der Waals surface area (Å²) in [5, 5.41) is 4.09. The Morgan fingerprint density at radius 3 is 2.38 bits per heavy atom. The summed E-state index contributed by atoms with van der Waals surface area (Å²) in [5.41, 5.74) is 3.77. The molecule has 128 valence electrons. The van der Waals surface area contributed by atoms with Gasteiger partial charge in [0.2, 0.25) is 0 Å². The zero-order chi connectivity index (χ0) is 16.9. The third-order valence-corrected chi connectivity index (χ3v) is 5.20. The Balaban J connectivity index is 1.59. The van der Waals surface area contributed by atoms with Crippen molar-refractivity contribution in [1.82, 2.24) is 10.2 Å². The highest BCUT2D eigenvalue weighted by Gasteiger charge is 2.18. The Morgan fingerprint density at radius 2 is 1.75 bits per heavy atom. The third kappa shape index (κ3) is 4.10. The van der Waals surface area contributed by atoms with Gasteiger partial charge in [-0.15, -0.1) is 0 Å². The second-order valence-electron chi connectivity index (χ2n) is 6.46. The standard InChI is InChI=1S/C20H26ClN3/c1-16(22-2)19-9-8-18(14-20(19)21)24-12-10-23(11-13-24)15-17-6-4-3-5-7-17/h3-9,14,16,22H,10-13,15H2,1-2H3. The molecule has 1 atom stereocenters. The van der Waals surface area contributed by atoms with E-state index in [1.165, 1.54) is 11.3 Å². The molecule has 1 aliphatic rings. The monoisotopic (exact) mass is 343 g/mol. The number of nitrogens with zero attached hydrogens (tertiary/aromatic N) is 2. The van der Waals surface area contributed by atoms with Crippen LogP contribution >= 0.6 is 11.6 Å². The molecule has 0 amide bonds. The van der Waals surface area contributed by atoms with Crippen molar-refractivity contribution < 1.29 is 0 Å². The molecule has 0 aliphatic carbocycles. The molecule has 24 heavy (non-hydrogen) atoms. The van der Waals surface area contributed by atoms with Crippen LogP contribution in [0.2, 0.25) is 5.02 Å². The molecule has 0 aromatic heterocycles. The van der Waals surface area contributed by atoms with Crippen LogP contribution in [0.5, 0.6) is 0 Å². The first-order valence-corrected chi connectivity index (χ1v) is 9.03. The summed E-state index contributed by atoms with van der Waals surface area (Å²) in [6.45, 7) is 7.42. The second kappa shape index (κ2) is 8.02. The van der Waals surface area contributed by atoms with Crippen molar-refractivity contribution in [2.24, 2.45) is 0 Å². The largest absolute Gasteiger partial charge is 0.369 e. The number of hydrogen-bond acceptors (Lipinski definition) is 3. The molecule has 0 spiro atoms. The molecule has 1 aliphatic heterocycles. The smallest absolute Gasteiger partial charge is 0.0474 e. The van der Waals surface area contributed by atoms with Crippen molar-refractivity contribution in [2.75, 3.05) is 38.1 Å². The van der Waals surface area contributed by atoms with Crippen LogP contribution in [0.3, 0.4) is 0 Å². The summed E-state index contributed by atoms with van der Waals surface area (Å²) < 4.78 is 0. The molecule has 1 saturated heterocycles. The number of rotatable bonds is 5. The first-order chi connectivity index (χ1) is 11.7. The van der Waals surface area contributed by atoms with E-state index in [0.717, 1.165) is 43.3 Å². The van der Waals surface area contributed by atoms with E-state index in [1.807, 2.05) is 7.05 Å². The van der Waals surface area contributed by atoms with E-state index in [2.05, 4.69) is 70.6 Å². The Morgan fingerprint density at radius 1 is 1.04 bits per heavy atom. The average molecular weight is 344 g/mol. The maximum Gasteiger partial charge on any atom is 0.0474 e. The van der Waals surface area contributed by atoms with Crippen molar-refractivity contribution in [1.29, 1.82) is 0 Å². The third-order valence-electron chi connectivity index (χ3n) is 4.87. The lowest BCUT2D eigenvalue weighted by molar-refractivity contribution is 0.250. The van der Waals surface area contributed by atoms with E-state index in [1.54, 1.807) is 0 Å². The fourth-order valence-corrected chi connectivity index (χ4v) is 3.56. The zero-order valence-corrected chi connectivity index (χ0v) is 15.3. The van der Waals surface area contributed by atoms with Crippen LogP contribution in [0.4, 0.5) is 5.69 Å². The average Bonchev–Trinajstić information content (AvgIpc) is 2.62. The van der Waals surface area contributed by atoms with Crippen molar-refractivity contribution in [3.63, 3.8) is 0 Å². The van der Waals surface area contributed by atoms with Gasteiger partial charge in [0.25, 0.3) is 0 Å². The second-order valence-corrected chi connectivity index (χ2v) is 6.87. The van der Waals surface area contributed by atoms with Gasteiger partial charge in [0, 0.05) is 49.5 Å². The van der Waals surface area contributed by atoms with Gasteiger partial charge in [-0.05, 0) is 37.2 Å². The summed E-state index contributed by atoms with van der Waals surface area (Å²) in [5.74, 6) is 0. The van der Waals surface area contributed by atoms with Gasteiger partial charge in [-0.1, -0.05) is 48.0 Å². The molecule has 4 heteroatoms. The van der Waals surface area contributed by atoms with Gasteiger partial charge in [0.15, 0.2) is 0 Å². The lowest BCUT2D eigenvalue weighted by Gasteiger charge is -2.36. The number of halogens is 1. The summed E-state index contributed by atoms with van der Waals surface area (Å²) in [6, 6.07) is 17.4. The van der Waals surface area contributed by atoms with Crippen molar-refractivity contribution in [3.05, 3.63) is 64.7 Å². The maximum atomic E-state index is 6.48. The Bertz CT molecular complexity index is 651. The van der Waals surface area contributed by atoms with Gasteiger partial charge in [-0.25, -0.2) is 0 Å². The van der Waals surface area contributed by atoms with Crippen molar-refractivity contribution >= 4 is 17.3 Å². The highest BCUT2D eigenvalue weighted by atomic mass is 35.5. The van der Waals surface area contributed by atoms with E-state index in [4.69, 9.17) is 11.6 Å². The fourth-order valence-electron chi connectivity index (χ4n) is 3.23. The molecule has 2 aromatic carbocycles. The quantitative estimate of drug-likeness (QED) is 0.887. The summed E-state index contributed by atoms with van der Waals surface area (Å²) in [4.78, 5) is 4.95. The van der Waals surface area contributed by atoms with E-state index < -0.39 is 0 Å². The Kier molecular flexibility index (Phi) is 5.77. The van der Waals surface area contributed by atoms with Gasteiger partial charge in [0.1, 0.15) is 0 Å². The molecular weight excluding hydrogens is 318 g/mol. The van der Waals surface area contributed by atoms with Crippen LogP contribution in [0.1, 0.15) is 24.1 Å². The minimum absolute atomic E-state index is 0.272. The van der Waals surface area contributed by atoms with E-state index in [9.17, 15) is 0 Å². The molecule has 3 rings (SSSR count). The molecule has 3 nitrogen and oxygen atoms in total. The molecule has 0 saturated carbocycles. The first kappa shape index (κ1) is 17.3. The SMILES string of the molecule is CNC(C)c1ccc(N2CCN(Cc3ccccc3)CC2)cc1Cl. The molecule has 1 heterocycles. The molecule has 2 aromatic rings. The number of anilines is 1. The summed E-state index contributed by atoms with van der Waals surface area (Å²) in [7, 11) is 1.96. The van der Waals surface area contributed by atoms with Gasteiger partial charge in [0.05, 0.1) is 0 Å². The molecule has 0 bridgehead atoms. The van der Waals surface area contributed by atoms with Crippen LogP contribution < -0.4 is 10.2 Å². The molecule has 1 N–H and O–H groups in total. The van der Waals surface area contributed by atoms with Crippen LogP contribution in [0.25, 0.3) is 0 Å². The molecule has 0 radical (unpaired) electrons. The lowest BCUT2D eigenvalue weighted by atomic mass is 10.1. The number of benzene rings is 2. The molecular formula is C20H26ClN3. The van der Waals surface area contributed by atoms with Crippen molar-refractivity contribution in [2.45, 2.75) is 19.5 Å². The fraction of sp³-hybridized carbons (Fsp3) is 0.400. The van der Waals surface area contributed by atoms with E-state index >= 15 is 0 Å². The lowest BCUT2D eigenvalue weighted by Crippen LogP contribution is -2.46. The van der Waals surface area contributed by atoms with Crippen LogP contribution in [0.15, 0.2) is 48.5 Å². The van der Waals surface area contributed by atoms with Gasteiger partial charge in [-0.2, -0.15) is 0 Å². The van der Waals surface area contributed by atoms with Crippen LogP contribution in [-0.4, -0.2) is 38.1 Å². The first-order valence-electron chi connectivity index (χ1n) is 8.65. The Hall–Kier alpha value is -1.55. The summed E-state index contributed by atoms with van der Waals surface area (Å²) in [6.07, 6.45) is 0. The molecule has 1 fully saturated rings. The van der Waals surface area contributed by atoms with Crippen LogP contribution in [0, 0.1) is 0 Å². The van der Waals surface area contributed by atoms with Crippen LogP contribution in [-0.2, 0) is 6.54 Å². The highest BCUT2D eigenvalue weighted by molar-refractivity contribution is 6.31. The number of nitrogens with one attached hydrogen (secondary N) is 1. The maximum absolute atomic E-state index is 6.48. The number of piperazine rings is 1. The van der Waals surface area contributed by atoms with E-state index in [0.29, 0.717) is 0 Å². The topological polar surface area (TPSA) is 18.5 Å². The zero-order valence-electron chi connectivity index (χ0n) is 14.5. The highest BCUT2D eigenvalue weighted by Crippen LogP contribution is 2.28. The van der Waals surface area contributed by atoms with Gasteiger partial charge in [-0.3, -0.25) is 4.90 Å². The van der Waals surface area contributed by atoms with Gasteiger partial charge >= 0.3 is 0 Å². The predicted octanol–water partition coefficient (Wildman–Crippen LogP) is 3.94. The minimum atomic E-state index is 0.272. The predicted molar refractivity (Wildman–Crippen MR) is 103 cm³/mol.